The highest BCUT2D eigenvalue weighted by atomic mass is 19.1. The molecule has 0 radical (unpaired) electrons. The third-order valence-electron chi connectivity index (χ3n) is 3.69. The van der Waals surface area contributed by atoms with Crippen molar-refractivity contribution in [3.05, 3.63) is 41.8 Å². The van der Waals surface area contributed by atoms with Crippen LogP contribution in [0.15, 0.2) is 30.5 Å². The fourth-order valence-electron chi connectivity index (χ4n) is 2.52. The van der Waals surface area contributed by atoms with Gasteiger partial charge in [-0.1, -0.05) is 0 Å². The lowest BCUT2D eigenvalue weighted by Crippen LogP contribution is -2.42. The average molecular weight is 288 g/mol. The molecule has 1 aliphatic heterocycles. The maximum absolute atomic E-state index is 13.0. The van der Waals surface area contributed by atoms with Crippen LogP contribution in [0.4, 0.5) is 4.39 Å². The maximum atomic E-state index is 13.0. The number of aromatic amines is 1. The number of nitrogens with one attached hydrogen (secondary N) is 3. The normalized spacial score (nSPS) is 15.9. The van der Waals surface area contributed by atoms with E-state index < -0.39 is 0 Å². The van der Waals surface area contributed by atoms with Crippen LogP contribution < -0.4 is 10.6 Å². The molecule has 1 aromatic heterocycles. The Bertz CT molecular complexity index is 617. The molecule has 5 nitrogen and oxygen atoms in total. The number of aromatic nitrogens is 2. The summed E-state index contributed by atoms with van der Waals surface area (Å²) in [4.78, 5) is 12.4. The van der Waals surface area contributed by atoms with E-state index in [2.05, 4.69) is 20.8 Å². The van der Waals surface area contributed by atoms with Gasteiger partial charge in [-0.2, -0.15) is 5.10 Å². The van der Waals surface area contributed by atoms with Gasteiger partial charge in [0.15, 0.2) is 0 Å². The minimum atomic E-state index is -0.307. The molecule has 2 heterocycles. The molecule has 1 aromatic carbocycles. The van der Waals surface area contributed by atoms with Gasteiger partial charge in [0.1, 0.15) is 5.82 Å². The highest BCUT2D eigenvalue weighted by Gasteiger charge is 2.20. The molecule has 1 aliphatic rings. The van der Waals surface area contributed by atoms with Crippen LogP contribution in [0.25, 0.3) is 11.3 Å². The summed E-state index contributed by atoms with van der Waals surface area (Å²) in [6, 6.07) is 6.18. The number of hydrogen-bond acceptors (Lipinski definition) is 3. The first kappa shape index (κ1) is 13.8. The molecule has 0 spiro atoms. The Morgan fingerprint density at radius 1 is 1.24 bits per heavy atom. The van der Waals surface area contributed by atoms with E-state index >= 15 is 0 Å². The number of piperidine rings is 1. The van der Waals surface area contributed by atoms with Gasteiger partial charge in [-0.15, -0.1) is 0 Å². The Hall–Kier alpha value is -2.21. The first-order valence-corrected chi connectivity index (χ1v) is 7.05. The standard InChI is InChI=1S/C15H17FN4O/c16-11-3-1-10(2-4-11)14-13(9-18-20-14)15(21)19-12-5-7-17-8-6-12/h1-4,9,12,17H,5-8H2,(H,18,20)(H,19,21). The van der Waals surface area contributed by atoms with Gasteiger partial charge in [0.2, 0.25) is 0 Å². The maximum Gasteiger partial charge on any atom is 0.255 e. The van der Waals surface area contributed by atoms with E-state index in [9.17, 15) is 9.18 Å². The second-order valence-corrected chi connectivity index (χ2v) is 5.16. The van der Waals surface area contributed by atoms with Gasteiger partial charge in [0, 0.05) is 11.6 Å². The summed E-state index contributed by atoms with van der Waals surface area (Å²) in [5.41, 5.74) is 1.84. The van der Waals surface area contributed by atoms with Crippen LogP contribution in [0.3, 0.4) is 0 Å². The van der Waals surface area contributed by atoms with Crippen molar-refractivity contribution in [2.24, 2.45) is 0 Å². The molecule has 0 saturated carbocycles. The molecular formula is C15H17FN4O. The van der Waals surface area contributed by atoms with Crippen molar-refractivity contribution >= 4 is 5.91 Å². The summed E-state index contributed by atoms with van der Waals surface area (Å²) in [6.45, 7) is 1.84. The average Bonchev–Trinajstić information content (AvgIpc) is 2.98. The van der Waals surface area contributed by atoms with Crippen LogP contribution in [-0.4, -0.2) is 35.2 Å². The molecule has 0 bridgehead atoms. The second-order valence-electron chi connectivity index (χ2n) is 5.16. The van der Waals surface area contributed by atoms with Crippen molar-refractivity contribution < 1.29 is 9.18 Å². The third-order valence-corrected chi connectivity index (χ3v) is 3.69. The summed E-state index contributed by atoms with van der Waals surface area (Å²) >= 11 is 0. The first-order valence-electron chi connectivity index (χ1n) is 7.05. The largest absolute Gasteiger partial charge is 0.349 e. The van der Waals surface area contributed by atoms with E-state index in [1.165, 1.54) is 18.3 Å². The van der Waals surface area contributed by atoms with Crippen LogP contribution in [0.2, 0.25) is 0 Å². The van der Waals surface area contributed by atoms with Crippen LogP contribution in [0.5, 0.6) is 0 Å². The number of H-pyrrole nitrogens is 1. The van der Waals surface area contributed by atoms with Gasteiger partial charge in [0.25, 0.3) is 5.91 Å². The zero-order valence-corrected chi connectivity index (χ0v) is 11.5. The second kappa shape index (κ2) is 6.05. The topological polar surface area (TPSA) is 69.8 Å². The molecular weight excluding hydrogens is 271 g/mol. The van der Waals surface area contributed by atoms with E-state index in [4.69, 9.17) is 0 Å². The van der Waals surface area contributed by atoms with E-state index in [0.717, 1.165) is 31.5 Å². The number of benzene rings is 1. The van der Waals surface area contributed by atoms with E-state index in [1.807, 2.05) is 0 Å². The molecule has 1 amide bonds. The highest BCUT2D eigenvalue weighted by molar-refractivity contribution is 5.99. The third kappa shape index (κ3) is 3.11. The Kier molecular flexibility index (Phi) is 3.96. The van der Waals surface area contributed by atoms with E-state index in [-0.39, 0.29) is 17.8 Å². The number of nitrogens with zero attached hydrogens (tertiary/aromatic N) is 1. The Morgan fingerprint density at radius 2 is 1.95 bits per heavy atom. The lowest BCUT2D eigenvalue weighted by molar-refractivity contribution is 0.0930. The quantitative estimate of drug-likeness (QED) is 0.805. The van der Waals surface area contributed by atoms with E-state index in [0.29, 0.717) is 11.3 Å². The van der Waals surface area contributed by atoms with Crippen LogP contribution in [0.1, 0.15) is 23.2 Å². The van der Waals surface area contributed by atoms with Crippen molar-refractivity contribution in [2.75, 3.05) is 13.1 Å². The lowest BCUT2D eigenvalue weighted by atomic mass is 10.0. The fourth-order valence-corrected chi connectivity index (χ4v) is 2.52. The molecule has 1 saturated heterocycles. The van der Waals surface area contributed by atoms with Crippen molar-refractivity contribution in [3.8, 4) is 11.3 Å². The molecule has 6 heteroatoms. The summed E-state index contributed by atoms with van der Waals surface area (Å²) < 4.78 is 13.0. The number of amides is 1. The number of rotatable bonds is 3. The zero-order chi connectivity index (χ0) is 14.7. The number of carbonyl (C=O) groups excluding carboxylic acids is 1. The van der Waals surface area contributed by atoms with Crippen LogP contribution >= 0.6 is 0 Å². The monoisotopic (exact) mass is 288 g/mol. The molecule has 2 aromatic rings. The van der Waals surface area contributed by atoms with Crippen LogP contribution in [0, 0.1) is 5.82 Å². The Balaban J connectivity index is 1.78. The molecule has 0 atom stereocenters. The minimum Gasteiger partial charge on any atom is -0.349 e. The van der Waals surface area contributed by atoms with Crippen molar-refractivity contribution in [1.29, 1.82) is 0 Å². The van der Waals surface area contributed by atoms with Crippen LogP contribution in [-0.2, 0) is 0 Å². The fraction of sp³-hybridized carbons (Fsp3) is 0.333. The molecule has 0 aliphatic carbocycles. The molecule has 0 unspecified atom stereocenters. The predicted octanol–water partition coefficient (Wildman–Crippen LogP) is 1.70. The van der Waals surface area contributed by atoms with Crippen molar-refractivity contribution in [1.82, 2.24) is 20.8 Å². The van der Waals surface area contributed by atoms with Gasteiger partial charge in [0.05, 0.1) is 17.5 Å². The summed E-state index contributed by atoms with van der Waals surface area (Å²) in [7, 11) is 0. The molecule has 3 rings (SSSR count). The Labute approximate surface area is 121 Å². The minimum absolute atomic E-state index is 0.144. The molecule has 3 N–H and O–H groups in total. The molecule has 110 valence electrons. The predicted molar refractivity (Wildman–Crippen MR) is 77.3 cm³/mol. The Morgan fingerprint density at radius 3 is 2.67 bits per heavy atom. The van der Waals surface area contributed by atoms with Crippen molar-refractivity contribution in [2.45, 2.75) is 18.9 Å². The van der Waals surface area contributed by atoms with Gasteiger partial charge in [-0.05, 0) is 50.2 Å². The smallest absolute Gasteiger partial charge is 0.255 e. The molecule has 1 fully saturated rings. The highest BCUT2D eigenvalue weighted by Crippen LogP contribution is 2.21. The SMILES string of the molecule is O=C(NC1CCNCC1)c1cn[nH]c1-c1ccc(F)cc1. The molecule has 21 heavy (non-hydrogen) atoms. The van der Waals surface area contributed by atoms with Gasteiger partial charge >= 0.3 is 0 Å². The summed E-state index contributed by atoms with van der Waals surface area (Å²) in [5, 5.41) is 13.0. The van der Waals surface area contributed by atoms with Gasteiger partial charge in [-0.3, -0.25) is 9.89 Å². The summed E-state index contributed by atoms with van der Waals surface area (Å²) in [6.07, 6.45) is 3.36. The van der Waals surface area contributed by atoms with Crippen molar-refractivity contribution in [3.63, 3.8) is 0 Å². The zero-order valence-electron chi connectivity index (χ0n) is 11.5. The van der Waals surface area contributed by atoms with Gasteiger partial charge < -0.3 is 10.6 Å². The van der Waals surface area contributed by atoms with E-state index in [1.54, 1.807) is 12.1 Å². The van der Waals surface area contributed by atoms with Gasteiger partial charge in [-0.25, -0.2) is 4.39 Å². The number of hydrogen-bond donors (Lipinski definition) is 3. The number of carbonyl (C=O) groups is 1. The first-order chi connectivity index (χ1) is 10.2. The number of halogens is 1. The summed E-state index contributed by atoms with van der Waals surface area (Å²) in [5.74, 6) is -0.450. The lowest BCUT2D eigenvalue weighted by Gasteiger charge is -2.23.